The Hall–Kier alpha value is -3.31. The molecule has 0 amide bonds. The number of hydrogen-bond donors (Lipinski definition) is 2. The minimum atomic E-state index is -0.685. The van der Waals surface area contributed by atoms with Gasteiger partial charge < -0.3 is 15.4 Å². The number of carbonyl (C=O) groups is 1. The molecule has 2 aliphatic rings. The second-order valence-corrected chi connectivity index (χ2v) is 9.45. The largest absolute Gasteiger partial charge is 0.491 e. The molecule has 0 fully saturated rings. The molecule has 0 bridgehead atoms. The van der Waals surface area contributed by atoms with Gasteiger partial charge in [0.05, 0.1) is 23.5 Å². The Morgan fingerprint density at radius 3 is 2.41 bits per heavy atom. The maximum Gasteiger partial charge on any atom is 0.163 e. The number of fused-ring (bicyclic) bond motifs is 1. The summed E-state index contributed by atoms with van der Waals surface area (Å²) in [6.45, 7) is 3.98. The summed E-state index contributed by atoms with van der Waals surface area (Å²) < 4.78 is 20.8. The van der Waals surface area contributed by atoms with E-state index in [-0.39, 0.29) is 23.4 Å². The third-order valence-corrected chi connectivity index (χ3v) is 6.65. The summed E-state index contributed by atoms with van der Waals surface area (Å²) in [7, 11) is 0. The number of ether oxygens (including phenoxy) is 1. The van der Waals surface area contributed by atoms with Crippen molar-refractivity contribution in [1.29, 1.82) is 0 Å². The first-order chi connectivity index (χ1) is 16.4. The third-order valence-electron chi connectivity index (χ3n) is 6.32. The Labute approximate surface area is 203 Å². The van der Waals surface area contributed by atoms with E-state index in [0.717, 1.165) is 28.4 Å². The molecule has 1 aliphatic heterocycles. The van der Waals surface area contributed by atoms with E-state index >= 15 is 4.39 Å². The Morgan fingerprint density at radius 2 is 1.71 bits per heavy atom. The molecule has 1 heterocycles. The monoisotopic (exact) mass is 476 g/mol. The molecule has 0 saturated carbocycles. The summed E-state index contributed by atoms with van der Waals surface area (Å²) in [5, 5.41) is 7.15. The van der Waals surface area contributed by atoms with Gasteiger partial charge in [-0.15, -0.1) is 0 Å². The predicted molar refractivity (Wildman–Crippen MR) is 134 cm³/mol. The summed E-state index contributed by atoms with van der Waals surface area (Å²) in [5.41, 5.74) is 4.34. The van der Waals surface area contributed by atoms with E-state index in [1.165, 1.54) is 6.07 Å². The minimum absolute atomic E-state index is 0.00820. The number of para-hydroxylation sites is 2. The molecule has 0 aromatic heterocycles. The summed E-state index contributed by atoms with van der Waals surface area (Å²) >= 11 is 6.45. The Kier molecular flexibility index (Phi) is 6.05. The molecule has 4 nitrogen and oxygen atoms in total. The molecule has 3 aromatic carbocycles. The number of benzene rings is 3. The van der Waals surface area contributed by atoms with Gasteiger partial charge in [0, 0.05) is 28.3 Å². The number of carbonyl (C=O) groups excluding carboxylic acids is 1. The molecule has 0 spiro atoms. The lowest BCUT2D eigenvalue weighted by Crippen LogP contribution is -2.27. The van der Waals surface area contributed by atoms with Crippen LogP contribution in [-0.2, 0) is 4.79 Å². The lowest BCUT2D eigenvalue weighted by molar-refractivity contribution is -0.116. The zero-order valence-electron chi connectivity index (χ0n) is 19.1. The van der Waals surface area contributed by atoms with Gasteiger partial charge in [0.1, 0.15) is 11.6 Å². The van der Waals surface area contributed by atoms with Crippen molar-refractivity contribution in [3.63, 3.8) is 0 Å². The summed E-state index contributed by atoms with van der Waals surface area (Å²) in [5.74, 6) is 0.354. The van der Waals surface area contributed by atoms with E-state index in [9.17, 15) is 4.79 Å². The molecule has 2 unspecified atom stereocenters. The number of halogens is 2. The number of rotatable bonds is 4. The van der Waals surface area contributed by atoms with E-state index < -0.39 is 11.9 Å². The van der Waals surface area contributed by atoms with Crippen LogP contribution in [0.25, 0.3) is 0 Å². The molecule has 0 radical (unpaired) electrons. The second-order valence-electron chi connectivity index (χ2n) is 9.04. The standard InChI is InChI=1S/C28H26ClFN2O2/c1-16(2)34-19-12-10-17(11-13-19)18-14-24-27(25(33)15-18)28(26-20(29)6-5-7-21(26)30)32-23-9-4-3-8-22(23)31-24/h3-13,16,18,28,31-32H,14-15H2,1-2H3. The zero-order valence-corrected chi connectivity index (χ0v) is 19.8. The van der Waals surface area contributed by atoms with Crippen LogP contribution >= 0.6 is 11.6 Å². The molecule has 2 N–H and O–H groups in total. The molecule has 174 valence electrons. The van der Waals surface area contributed by atoms with Crippen LogP contribution in [-0.4, -0.2) is 11.9 Å². The van der Waals surface area contributed by atoms with E-state index in [0.29, 0.717) is 23.4 Å². The second kappa shape index (κ2) is 9.15. The highest BCUT2D eigenvalue weighted by molar-refractivity contribution is 6.31. The zero-order chi connectivity index (χ0) is 23.8. The quantitative estimate of drug-likeness (QED) is 0.416. The average Bonchev–Trinajstić information content (AvgIpc) is 2.96. The van der Waals surface area contributed by atoms with E-state index in [1.54, 1.807) is 12.1 Å². The Morgan fingerprint density at radius 1 is 0.971 bits per heavy atom. The third kappa shape index (κ3) is 4.28. The number of ketones is 1. The Balaban J connectivity index is 1.56. The fraction of sp³-hybridized carbons (Fsp3) is 0.250. The van der Waals surface area contributed by atoms with Gasteiger partial charge >= 0.3 is 0 Å². The molecular weight excluding hydrogens is 451 g/mol. The van der Waals surface area contributed by atoms with Crippen LogP contribution in [0.1, 0.15) is 49.8 Å². The first-order valence-corrected chi connectivity index (χ1v) is 11.9. The maximum atomic E-state index is 15.0. The van der Waals surface area contributed by atoms with Crippen molar-refractivity contribution in [3.8, 4) is 5.75 Å². The summed E-state index contributed by atoms with van der Waals surface area (Å²) in [6, 6.07) is 19.6. The maximum absolute atomic E-state index is 15.0. The molecular formula is C28H26ClFN2O2. The molecule has 5 rings (SSSR count). The van der Waals surface area contributed by atoms with Crippen molar-refractivity contribution >= 4 is 28.8 Å². The van der Waals surface area contributed by atoms with Gasteiger partial charge in [0.15, 0.2) is 5.78 Å². The van der Waals surface area contributed by atoms with E-state index in [4.69, 9.17) is 16.3 Å². The lowest BCUT2D eigenvalue weighted by atomic mass is 9.78. The number of Topliss-reactive ketones (excluding diaryl/α,β-unsaturated/α-hetero) is 1. The van der Waals surface area contributed by atoms with Crippen molar-refractivity contribution < 1.29 is 13.9 Å². The molecule has 34 heavy (non-hydrogen) atoms. The van der Waals surface area contributed by atoms with Crippen molar-refractivity contribution in [2.24, 2.45) is 0 Å². The summed E-state index contributed by atoms with van der Waals surface area (Å²) in [6.07, 6.45) is 1.06. The highest BCUT2D eigenvalue weighted by Gasteiger charge is 2.37. The smallest absolute Gasteiger partial charge is 0.163 e. The van der Waals surface area contributed by atoms with Crippen LogP contribution in [0.15, 0.2) is 78.0 Å². The van der Waals surface area contributed by atoms with Crippen molar-refractivity contribution in [2.45, 2.75) is 44.8 Å². The van der Waals surface area contributed by atoms with Crippen LogP contribution in [0.2, 0.25) is 5.02 Å². The van der Waals surface area contributed by atoms with E-state index in [1.807, 2.05) is 62.4 Å². The van der Waals surface area contributed by atoms with Crippen LogP contribution in [0.5, 0.6) is 5.75 Å². The molecule has 2 atom stereocenters. The minimum Gasteiger partial charge on any atom is -0.491 e. The van der Waals surface area contributed by atoms with Crippen molar-refractivity contribution in [1.82, 2.24) is 0 Å². The topological polar surface area (TPSA) is 50.4 Å². The van der Waals surface area contributed by atoms with Gasteiger partial charge in [0.25, 0.3) is 0 Å². The average molecular weight is 477 g/mol. The molecule has 1 aliphatic carbocycles. The van der Waals surface area contributed by atoms with E-state index in [2.05, 4.69) is 10.6 Å². The van der Waals surface area contributed by atoms with Crippen molar-refractivity contribution in [2.75, 3.05) is 10.6 Å². The normalized spacial score (nSPS) is 19.6. The highest BCUT2D eigenvalue weighted by Crippen LogP contribution is 2.46. The fourth-order valence-electron chi connectivity index (χ4n) is 4.82. The first-order valence-electron chi connectivity index (χ1n) is 11.5. The predicted octanol–water partition coefficient (Wildman–Crippen LogP) is 7.25. The SMILES string of the molecule is CC(C)Oc1ccc(C2CC(=O)C3=C(C2)Nc2ccccc2NC3c2c(F)cccc2Cl)cc1. The number of hydrogen-bond acceptors (Lipinski definition) is 4. The van der Waals surface area contributed by atoms with Crippen molar-refractivity contribution in [3.05, 3.63) is 100.0 Å². The summed E-state index contributed by atoms with van der Waals surface area (Å²) in [4.78, 5) is 13.6. The molecule has 6 heteroatoms. The van der Waals surface area contributed by atoms with Crippen LogP contribution in [0, 0.1) is 5.82 Å². The molecule has 3 aromatic rings. The van der Waals surface area contributed by atoms with Gasteiger partial charge in [0.2, 0.25) is 0 Å². The van der Waals surface area contributed by atoms with Crippen LogP contribution in [0.3, 0.4) is 0 Å². The van der Waals surface area contributed by atoms with Gasteiger partial charge in [-0.1, -0.05) is 41.9 Å². The molecule has 0 saturated heterocycles. The first kappa shape index (κ1) is 22.5. The van der Waals surface area contributed by atoms with Crippen LogP contribution in [0.4, 0.5) is 15.8 Å². The highest BCUT2D eigenvalue weighted by atomic mass is 35.5. The number of allylic oxidation sites excluding steroid dienone is 1. The number of anilines is 2. The number of nitrogens with one attached hydrogen (secondary N) is 2. The van der Waals surface area contributed by atoms with Gasteiger partial charge in [-0.25, -0.2) is 4.39 Å². The van der Waals surface area contributed by atoms with Gasteiger partial charge in [-0.2, -0.15) is 0 Å². The van der Waals surface area contributed by atoms with Gasteiger partial charge in [-0.05, 0) is 68.1 Å². The van der Waals surface area contributed by atoms with Gasteiger partial charge in [-0.3, -0.25) is 4.79 Å². The van der Waals surface area contributed by atoms with Crippen LogP contribution < -0.4 is 15.4 Å². The fourth-order valence-corrected chi connectivity index (χ4v) is 5.09. The Bertz CT molecular complexity index is 1250. The lowest BCUT2D eigenvalue weighted by Gasteiger charge is -2.30.